The molecule has 2 aromatic rings. The van der Waals surface area contributed by atoms with Gasteiger partial charge < -0.3 is 20.3 Å². The largest absolute Gasteiger partial charge is 0.394 e. The fraction of sp³-hybridized carbons (Fsp3) is 0.458. The molecular formula is C24H31N5O3S. The molecule has 0 spiro atoms. The second kappa shape index (κ2) is 10.4. The molecule has 2 aliphatic rings. The highest BCUT2D eigenvalue weighted by molar-refractivity contribution is 8.00. The topological polar surface area (TPSA) is 88.5 Å². The lowest BCUT2D eigenvalue weighted by Crippen LogP contribution is -2.33. The van der Waals surface area contributed by atoms with E-state index in [0.717, 1.165) is 55.0 Å². The number of benzene rings is 1. The van der Waals surface area contributed by atoms with Crippen molar-refractivity contribution in [2.45, 2.75) is 38.1 Å². The number of carbonyl (C=O) groups excluding carboxylic acids is 2. The lowest BCUT2D eigenvalue weighted by molar-refractivity contribution is 0.0548. The number of carbonyl (C=O) groups is 2. The van der Waals surface area contributed by atoms with Gasteiger partial charge in [-0.2, -0.15) is 5.10 Å². The lowest BCUT2D eigenvalue weighted by Gasteiger charge is -2.23. The first-order chi connectivity index (χ1) is 16.0. The van der Waals surface area contributed by atoms with Gasteiger partial charge in [0.2, 0.25) is 0 Å². The Hall–Kier alpha value is -2.78. The van der Waals surface area contributed by atoms with Crippen LogP contribution in [-0.2, 0) is 4.74 Å². The average Bonchev–Trinajstić information content (AvgIpc) is 3.40. The van der Waals surface area contributed by atoms with Crippen LogP contribution in [0.25, 0.3) is 6.08 Å². The molecule has 0 aliphatic carbocycles. The number of nitrogens with one attached hydrogen (secondary N) is 2. The molecule has 2 aliphatic heterocycles. The van der Waals surface area contributed by atoms with Gasteiger partial charge >= 0.3 is 0 Å². The van der Waals surface area contributed by atoms with Crippen LogP contribution in [0.4, 0.5) is 11.5 Å². The van der Waals surface area contributed by atoms with Crippen molar-refractivity contribution in [1.29, 1.82) is 0 Å². The lowest BCUT2D eigenvalue weighted by atomic mass is 10.1. The fourth-order valence-corrected chi connectivity index (χ4v) is 5.35. The van der Waals surface area contributed by atoms with Crippen molar-refractivity contribution < 1.29 is 14.3 Å². The summed E-state index contributed by atoms with van der Waals surface area (Å²) in [7, 11) is 1.81. The van der Waals surface area contributed by atoms with Crippen LogP contribution in [0.5, 0.6) is 0 Å². The summed E-state index contributed by atoms with van der Waals surface area (Å²) in [6, 6.07) is 5.73. The van der Waals surface area contributed by atoms with E-state index < -0.39 is 0 Å². The van der Waals surface area contributed by atoms with Crippen molar-refractivity contribution in [3.8, 4) is 0 Å². The van der Waals surface area contributed by atoms with Crippen LogP contribution in [0.3, 0.4) is 0 Å². The normalized spacial score (nSPS) is 20.9. The molecule has 1 aromatic carbocycles. The van der Waals surface area contributed by atoms with Crippen LogP contribution in [0, 0.1) is 6.92 Å². The van der Waals surface area contributed by atoms with Gasteiger partial charge in [-0.15, -0.1) is 11.8 Å². The van der Waals surface area contributed by atoms with E-state index >= 15 is 0 Å². The standard InChI is InChI=1S/C24H31N5O3S/c1-16-13-18(6-7-20(16)24(31)28-10-12-33-17(28)2)26-23-21(14-30)22(8-9-25-3)29(27-23)19-5-4-11-32-15-19/h6-9,13-14,17,19,25H,4-5,10-12,15H2,1-3H3,(H,26,27)/b9-8-. The number of aldehydes is 1. The molecule has 9 heteroatoms. The smallest absolute Gasteiger partial charge is 0.255 e. The van der Waals surface area contributed by atoms with Crippen molar-refractivity contribution in [3.63, 3.8) is 0 Å². The van der Waals surface area contributed by atoms with Gasteiger partial charge in [-0.05, 0) is 62.7 Å². The van der Waals surface area contributed by atoms with Crippen molar-refractivity contribution in [1.82, 2.24) is 20.0 Å². The Balaban J connectivity index is 1.62. The third-order valence-corrected chi connectivity index (χ3v) is 7.26. The molecule has 2 saturated heterocycles. The van der Waals surface area contributed by atoms with Gasteiger partial charge in [-0.3, -0.25) is 14.3 Å². The van der Waals surface area contributed by atoms with Crippen molar-refractivity contribution in [2.24, 2.45) is 0 Å². The Labute approximate surface area is 198 Å². The van der Waals surface area contributed by atoms with Gasteiger partial charge in [0, 0.05) is 37.2 Å². The predicted octanol–water partition coefficient (Wildman–Crippen LogP) is 3.82. The molecule has 2 fully saturated rings. The minimum atomic E-state index is 0.0613. The molecule has 2 atom stereocenters. The van der Waals surface area contributed by atoms with E-state index in [9.17, 15) is 9.59 Å². The van der Waals surface area contributed by atoms with Gasteiger partial charge in [0.25, 0.3) is 5.91 Å². The fourth-order valence-electron chi connectivity index (χ4n) is 4.32. The summed E-state index contributed by atoms with van der Waals surface area (Å²) in [5.41, 5.74) is 3.60. The Bertz CT molecular complexity index is 1040. The monoisotopic (exact) mass is 469 g/mol. The van der Waals surface area contributed by atoms with E-state index in [-0.39, 0.29) is 17.3 Å². The number of aromatic nitrogens is 2. The maximum Gasteiger partial charge on any atom is 0.255 e. The molecule has 2 unspecified atom stereocenters. The van der Waals surface area contributed by atoms with Crippen LogP contribution in [0.2, 0.25) is 0 Å². The molecular weight excluding hydrogens is 438 g/mol. The second-order valence-electron chi connectivity index (χ2n) is 8.33. The minimum Gasteiger partial charge on any atom is -0.394 e. The summed E-state index contributed by atoms with van der Waals surface area (Å²) >= 11 is 1.79. The van der Waals surface area contributed by atoms with E-state index in [0.29, 0.717) is 23.6 Å². The third kappa shape index (κ3) is 4.94. The Morgan fingerprint density at radius 1 is 1.36 bits per heavy atom. The number of anilines is 2. The van der Waals surface area contributed by atoms with Crippen LogP contribution < -0.4 is 10.6 Å². The van der Waals surface area contributed by atoms with Gasteiger partial charge in [0.1, 0.15) is 0 Å². The van der Waals surface area contributed by atoms with Crippen LogP contribution in [0.1, 0.15) is 57.8 Å². The van der Waals surface area contributed by atoms with E-state index in [2.05, 4.69) is 17.6 Å². The van der Waals surface area contributed by atoms with Crippen LogP contribution in [0.15, 0.2) is 24.4 Å². The molecule has 8 nitrogen and oxygen atoms in total. The average molecular weight is 470 g/mol. The summed E-state index contributed by atoms with van der Waals surface area (Å²) in [4.78, 5) is 26.9. The Morgan fingerprint density at radius 3 is 2.85 bits per heavy atom. The zero-order valence-electron chi connectivity index (χ0n) is 19.3. The van der Waals surface area contributed by atoms with Gasteiger partial charge in [0.15, 0.2) is 12.1 Å². The van der Waals surface area contributed by atoms with Crippen LogP contribution >= 0.6 is 11.8 Å². The molecule has 1 amide bonds. The number of rotatable bonds is 7. The quantitative estimate of drug-likeness (QED) is 0.596. The van der Waals surface area contributed by atoms with Crippen LogP contribution in [-0.4, -0.2) is 64.8 Å². The highest BCUT2D eigenvalue weighted by Crippen LogP contribution is 2.30. The van der Waals surface area contributed by atoms with E-state index in [4.69, 9.17) is 9.84 Å². The van der Waals surface area contributed by atoms with Gasteiger partial charge in [-0.25, -0.2) is 0 Å². The first-order valence-corrected chi connectivity index (χ1v) is 12.4. The maximum atomic E-state index is 13.0. The highest BCUT2D eigenvalue weighted by atomic mass is 32.2. The van der Waals surface area contributed by atoms with E-state index in [1.807, 2.05) is 47.8 Å². The number of hydrogen-bond donors (Lipinski definition) is 2. The number of aryl methyl sites for hydroxylation is 1. The number of hydrogen-bond acceptors (Lipinski definition) is 7. The summed E-state index contributed by atoms with van der Waals surface area (Å²) in [5, 5.41) is 11.2. The van der Waals surface area contributed by atoms with Crippen molar-refractivity contribution in [2.75, 3.05) is 37.9 Å². The van der Waals surface area contributed by atoms with Gasteiger partial charge in [0.05, 0.1) is 29.3 Å². The van der Waals surface area contributed by atoms with E-state index in [1.54, 1.807) is 18.0 Å². The van der Waals surface area contributed by atoms with Gasteiger partial charge in [-0.1, -0.05) is 0 Å². The first-order valence-electron chi connectivity index (χ1n) is 11.3. The molecule has 4 rings (SSSR count). The molecule has 0 saturated carbocycles. The minimum absolute atomic E-state index is 0.0613. The summed E-state index contributed by atoms with van der Waals surface area (Å²) < 4.78 is 7.54. The molecule has 3 heterocycles. The summed E-state index contributed by atoms with van der Waals surface area (Å²) in [6.45, 7) is 6.10. The zero-order chi connectivity index (χ0) is 23.4. The molecule has 1 aromatic heterocycles. The summed E-state index contributed by atoms with van der Waals surface area (Å²) in [5.74, 6) is 1.53. The number of amides is 1. The molecule has 0 radical (unpaired) electrons. The predicted molar refractivity (Wildman–Crippen MR) is 132 cm³/mol. The first kappa shape index (κ1) is 23.4. The second-order valence-corrected chi connectivity index (χ2v) is 9.75. The molecule has 33 heavy (non-hydrogen) atoms. The number of thioether (sulfide) groups is 1. The SMILES string of the molecule is CN/C=C\c1c(C=O)c(Nc2ccc(C(=O)N3CCSC3C)c(C)c2)nn1C1CCCOC1. The summed E-state index contributed by atoms with van der Waals surface area (Å²) in [6.07, 6.45) is 6.39. The maximum absolute atomic E-state index is 13.0. The third-order valence-electron chi connectivity index (χ3n) is 6.10. The number of ether oxygens (including phenoxy) is 1. The Morgan fingerprint density at radius 2 is 2.21 bits per heavy atom. The molecule has 176 valence electrons. The highest BCUT2D eigenvalue weighted by Gasteiger charge is 2.28. The molecule has 2 N–H and O–H groups in total. The van der Waals surface area contributed by atoms with Crippen molar-refractivity contribution in [3.05, 3.63) is 46.8 Å². The zero-order valence-corrected chi connectivity index (χ0v) is 20.2. The number of nitrogens with zero attached hydrogens (tertiary/aromatic N) is 3. The molecule has 0 bridgehead atoms. The van der Waals surface area contributed by atoms with Crippen molar-refractivity contribution >= 4 is 41.5 Å². The van der Waals surface area contributed by atoms with E-state index in [1.165, 1.54) is 0 Å². The Kier molecular flexibility index (Phi) is 7.39.